The monoisotopic (exact) mass is 225 g/mol. The third-order valence-electron chi connectivity index (χ3n) is 2.60. The molecule has 0 saturated carbocycles. The Kier molecular flexibility index (Phi) is 3.70. The van der Waals surface area contributed by atoms with Gasteiger partial charge in [0.05, 0.1) is 0 Å². The lowest BCUT2D eigenvalue weighted by atomic mass is 9.97. The smallest absolute Gasteiger partial charge is 0.273 e. The second-order valence-electron chi connectivity index (χ2n) is 4.55. The molecule has 0 bridgehead atoms. The van der Waals surface area contributed by atoms with Crippen molar-refractivity contribution in [2.75, 3.05) is 0 Å². The highest BCUT2D eigenvalue weighted by atomic mass is 16.5. The van der Waals surface area contributed by atoms with Crippen molar-refractivity contribution in [1.82, 2.24) is 10.5 Å². The van der Waals surface area contributed by atoms with E-state index in [2.05, 4.69) is 10.5 Å². The predicted octanol–water partition coefficient (Wildman–Crippen LogP) is 1.09. The number of aromatic nitrogens is 1. The average Bonchev–Trinajstić information content (AvgIpc) is 2.64. The van der Waals surface area contributed by atoms with E-state index >= 15 is 0 Å². The molecule has 1 rings (SSSR count). The lowest BCUT2D eigenvalue weighted by Crippen LogP contribution is -2.53. The van der Waals surface area contributed by atoms with Gasteiger partial charge >= 0.3 is 0 Å². The molecule has 90 valence electrons. The van der Waals surface area contributed by atoms with Crippen LogP contribution < -0.4 is 11.1 Å². The summed E-state index contributed by atoms with van der Waals surface area (Å²) in [5, 5.41) is 6.48. The van der Waals surface area contributed by atoms with Gasteiger partial charge in [0.2, 0.25) is 0 Å². The maximum absolute atomic E-state index is 11.7. The molecule has 0 aliphatic heterocycles. The van der Waals surface area contributed by atoms with Gasteiger partial charge in [0.1, 0.15) is 5.76 Å². The summed E-state index contributed by atoms with van der Waals surface area (Å²) in [6.45, 7) is 7.52. The largest absolute Gasteiger partial charge is 0.361 e. The van der Waals surface area contributed by atoms with Gasteiger partial charge in [-0.15, -0.1) is 0 Å². The number of nitrogens with two attached hydrogens (primary N) is 1. The SMILES string of the molecule is CCc1cc(C(=O)NC(C)C(C)(C)N)no1. The topological polar surface area (TPSA) is 81.2 Å². The quantitative estimate of drug-likeness (QED) is 0.803. The predicted molar refractivity (Wildman–Crippen MR) is 61.1 cm³/mol. The standard InChI is InChI=1S/C11H19N3O2/c1-5-8-6-9(14-16-8)10(15)13-7(2)11(3,4)12/h6-7H,5,12H2,1-4H3,(H,13,15). The molecule has 1 unspecified atom stereocenters. The molecule has 1 aromatic rings. The zero-order valence-corrected chi connectivity index (χ0v) is 10.2. The molecule has 16 heavy (non-hydrogen) atoms. The van der Waals surface area contributed by atoms with Crippen LogP contribution in [0.1, 0.15) is 43.9 Å². The van der Waals surface area contributed by atoms with Crippen molar-refractivity contribution < 1.29 is 9.32 Å². The summed E-state index contributed by atoms with van der Waals surface area (Å²) in [5.74, 6) is 0.444. The molecule has 0 aliphatic rings. The first-order valence-corrected chi connectivity index (χ1v) is 5.40. The van der Waals surface area contributed by atoms with Crippen LogP contribution in [-0.4, -0.2) is 22.6 Å². The minimum absolute atomic E-state index is 0.137. The van der Waals surface area contributed by atoms with Crippen molar-refractivity contribution >= 4 is 5.91 Å². The van der Waals surface area contributed by atoms with Crippen molar-refractivity contribution in [3.05, 3.63) is 17.5 Å². The molecule has 5 nitrogen and oxygen atoms in total. The minimum Gasteiger partial charge on any atom is -0.361 e. The van der Waals surface area contributed by atoms with Crippen LogP contribution in [0.4, 0.5) is 0 Å². The molecule has 0 fully saturated rings. The molecule has 0 aliphatic carbocycles. The summed E-state index contributed by atoms with van der Waals surface area (Å²) in [7, 11) is 0. The number of amides is 1. The van der Waals surface area contributed by atoms with Gasteiger partial charge in [0.25, 0.3) is 5.91 Å². The first-order valence-electron chi connectivity index (χ1n) is 5.40. The number of nitrogens with one attached hydrogen (secondary N) is 1. The van der Waals surface area contributed by atoms with Gasteiger partial charge < -0.3 is 15.6 Å². The second-order valence-corrected chi connectivity index (χ2v) is 4.55. The van der Waals surface area contributed by atoms with Crippen LogP contribution in [0.3, 0.4) is 0 Å². The fourth-order valence-corrected chi connectivity index (χ4v) is 1.04. The van der Waals surface area contributed by atoms with Gasteiger partial charge in [-0.2, -0.15) is 0 Å². The molecule has 1 atom stereocenters. The van der Waals surface area contributed by atoms with Gasteiger partial charge in [0.15, 0.2) is 5.69 Å². The summed E-state index contributed by atoms with van der Waals surface area (Å²) in [6.07, 6.45) is 0.720. The van der Waals surface area contributed by atoms with Crippen LogP contribution in [0.2, 0.25) is 0 Å². The van der Waals surface area contributed by atoms with E-state index in [0.29, 0.717) is 11.5 Å². The van der Waals surface area contributed by atoms with E-state index in [0.717, 1.165) is 6.42 Å². The van der Waals surface area contributed by atoms with E-state index in [9.17, 15) is 4.79 Å². The third kappa shape index (κ3) is 3.06. The summed E-state index contributed by atoms with van der Waals surface area (Å²) in [6, 6.07) is 1.51. The van der Waals surface area contributed by atoms with Crippen molar-refractivity contribution in [2.24, 2.45) is 5.73 Å². The maximum atomic E-state index is 11.7. The van der Waals surface area contributed by atoms with Crippen LogP contribution in [0.25, 0.3) is 0 Å². The van der Waals surface area contributed by atoms with Gasteiger partial charge in [0, 0.05) is 24.1 Å². The lowest BCUT2D eigenvalue weighted by Gasteiger charge is -2.27. The van der Waals surface area contributed by atoms with Crippen molar-refractivity contribution in [1.29, 1.82) is 0 Å². The number of nitrogens with zero attached hydrogens (tertiary/aromatic N) is 1. The summed E-state index contributed by atoms with van der Waals surface area (Å²) >= 11 is 0. The number of hydrogen-bond donors (Lipinski definition) is 2. The normalized spacial score (nSPS) is 13.6. The minimum atomic E-state index is -0.465. The van der Waals surface area contributed by atoms with Crippen molar-refractivity contribution in [2.45, 2.75) is 45.7 Å². The molecular formula is C11H19N3O2. The number of carbonyl (C=O) groups is 1. The molecular weight excluding hydrogens is 206 g/mol. The van der Waals surface area contributed by atoms with Crippen LogP contribution in [-0.2, 0) is 6.42 Å². The highest BCUT2D eigenvalue weighted by Gasteiger charge is 2.23. The molecule has 1 aromatic heterocycles. The maximum Gasteiger partial charge on any atom is 0.273 e. The van der Waals surface area contributed by atoms with Crippen LogP contribution >= 0.6 is 0 Å². The van der Waals surface area contributed by atoms with E-state index < -0.39 is 5.54 Å². The van der Waals surface area contributed by atoms with E-state index in [-0.39, 0.29) is 11.9 Å². The number of carbonyl (C=O) groups excluding carboxylic acids is 1. The highest BCUT2D eigenvalue weighted by molar-refractivity contribution is 5.92. The Balaban J connectivity index is 2.66. The Hall–Kier alpha value is -1.36. The van der Waals surface area contributed by atoms with Gasteiger partial charge in [-0.25, -0.2) is 0 Å². The van der Waals surface area contributed by atoms with Crippen LogP contribution in [0.5, 0.6) is 0 Å². The van der Waals surface area contributed by atoms with E-state index in [1.807, 2.05) is 27.7 Å². The van der Waals surface area contributed by atoms with Crippen LogP contribution in [0.15, 0.2) is 10.6 Å². The first-order chi connectivity index (χ1) is 7.34. The summed E-state index contributed by atoms with van der Waals surface area (Å²) < 4.78 is 4.96. The van der Waals surface area contributed by atoms with Gasteiger partial charge in [-0.1, -0.05) is 12.1 Å². The van der Waals surface area contributed by atoms with E-state index in [1.54, 1.807) is 6.07 Å². The van der Waals surface area contributed by atoms with Gasteiger partial charge in [-0.05, 0) is 20.8 Å². The molecule has 1 heterocycles. The highest BCUT2D eigenvalue weighted by Crippen LogP contribution is 2.07. The summed E-state index contributed by atoms with van der Waals surface area (Å²) in [4.78, 5) is 11.7. The fourth-order valence-electron chi connectivity index (χ4n) is 1.04. The number of hydrogen-bond acceptors (Lipinski definition) is 4. The molecule has 0 spiro atoms. The Labute approximate surface area is 95.4 Å². The zero-order chi connectivity index (χ0) is 12.3. The van der Waals surface area contributed by atoms with Crippen molar-refractivity contribution in [3.63, 3.8) is 0 Å². The Bertz CT molecular complexity index is 366. The van der Waals surface area contributed by atoms with Crippen molar-refractivity contribution in [3.8, 4) is 0 Å². The third-order valence-corrected chi connectivity index (χ3v) is 2.60. The molecule has 5 heteroatoms. The molecule has 0 radical (unpaired) electrons. The lowest BCUT2D eigenvalue weighted by molar-refractivity contribution is 0.0915. The van der Waals surface area contributed by atoms with Gasteiger partial charge in [-0.3, -0.25) is 4.79 Å². The molecule has 0 saturated heterocycles. The molecule has 1 amide bonds. The Morgan fingerprint density at radius 2 is 2.31 bits per heavy atom. The second kappa shape index (κ2) is 4.65. The molecule has 3 N–H and O–H groups in total. The van der Waals surface area contributed by atoms with E-state index in [1.165, 1.54) is 0 Å². The van der Waals surface area contributed by atoms with E-state index in [4.69, 9.17) is 10.3 Å². The first kappa shape index (κ1) is 12.7. The average molecular weight is 225 g/mol. The number of aryl methyl sites for hydroxylation is 1. The number of rotatable bonds is 4. The summed E-state index contributed by atoms with van der Waals surface area (Å²) in [5.41, 5.74) is 5.71. The Morgan fingerprint density at radius 1 is 1.69 bits per heavy atom. The fraction of sp³-hybridized carbons (Fsp3) is 0.636. The molecule has 0 aromatic carbocycles. The zero-order valence-electron chi connectivity index (χ0n) is 10.2. The van der Waals surface area contributed by atoms with Crippen LogP contribution in [0, 0.1) is 0 Å². The Morgan fingerprint density at radius 3 is 2.75 bits per heavy atom.